The van der Waals surface area contributed by atoms with Gasteiger partial charge in [-0.25, -0.2) is 14.0 Å². The quantitative estimate of drug-likeness (QED) is 0.112. The summed E-state index contributed by atoms with van der Waals surface area (Å²) in [6.45, 7) is 11.0. The Morgan fingerprint density at radius 1 is 0.718 bits per heavy atom. The second kappa shape index (κ2) is 13.9. The summed E-state index contributed by atoms with van der Waals surface area (Å²) in [6, 6.07) is 16.8. The van der Waals surface area contributed by atoms with Gasteiger partial charge in [-0.2, -0.15) is 0 Å². The molecule has 0 aliphatic heterocycles. The van der Waals surface area contributed by atoms with E-state index >= 15 is 4.39 Å². The molecule has 0 bridgehead atoms. The van der Waals surface area contributed by atoms with Gasteiger partial charge in [0.05, 0.1) is 6.61 Å². The van der Waals surface area contributed by atoms with E-state index in [0.717, 1.165) is 5.56 Å². The van der Waals surface area contributed by atoms with Gasteiger partial charge in [0.15, 0.2) is 11.5 Å². The predicted molar refractivity (Wildman–Crippen MR) is 146 cm³/mol. The average Bonchev–Trinajstić information content (AvgIpc) is 2.92. The zero-order valence-corrected chi connectivity index (χ0v) is 22.3. The molecule has 3 aromatic rings. The fourth-order valence-electron chi connectivity index (χ4n) is 3.39. The first-order valence-corrected chi connectivity index (χ1v) is 12.2. The highest BCUT2D eigenvalue weighted by atomic mass is 19.1. The molecule has 0 saturated heterocycles. The molecule has 3 rings (SSSR count). The molecule has 0 amide bonds. The van der Waals surface area contributed by atoms with Crippen molar-refractivity contribution in [2.75, 3.05) is 33.5 Å². The summed E-state index contributed by atoms with van der Waals surface area (Å²) < 4.78 is 42.1. The van der Waals surface area contributed by atoms with Gasteiger partial charge in [-0.1, -0.05) is 43.5 Å². The van der Waals surface area contributed by atoms with Crippen molar-refractivity contribution in [3.63, 3.8) is 0 Å². The summed E-state index contributed by atoms with van der Waals surface area (Å²) in [6.07, 6.45) is 0. The van der Waals surface area contributed by atoms with Crippen LogP contribution in [-0.4, -0.2) is 45.5 Å². The molecular weight excluding hydrogens is 503 g/mol. The lowest BCUT2D eigenvalue weighted by Gasteiger charge is -2.15. The van der Waals surface area contributed by atoms with E-state index in [-0.39, 0.29) is 25.4 Å². The summed E-state index contributed by atoms with van der Waals surface area (Å²) in [4.78, 5) is 23.2. The van der Waals surface area contributed by atoms with Crippen molar-refractivity contribution < 1.29 is 37.7 Å². The Morgan fingerprint density at radius 2 is 1.31 bits per heavy atom. The van der Waals surface area contributed by atoms with Crippen LogP contribution < -0.4 is 14.2 Å². The Labute approximate surface area is 227 Å². The Morgan fingerprint density at radius 3 is 1.95 bits per heavy atom. The van der Waals surface area contributed by atoms with Crippen LogP contribution in [0.5, 0.6) is 17.2 Å². The first-order valence-electron chi connectivity index (χ1n) is 12.2. The minimum absolute atomic E-state index is 0.0505. The summed E-state index contributed by atoms with van der Waals surface area (Å²) in [5.41, 5.74) is 2.99. The molecule has 39 heavy (non-hydrogen) atoms. The number of hydrogen-bond donors (Lipinski definition) is 0. The van der Waals surface area contributed by atoms with Gasteiger partial charge in [0, 0.05) is 23.8 Å². The third kappa shape index (κ3) is 8.28. The van der Waals surface area contributed by atoms with Gasteiger partial charge in [-0.05, 0) is 60.9 Å². The van der Waals surface area contributed by atoms with Crippen molar-refractivity contribution in [1.29, 1.82) is 0 Å². The van der Waals surface area contributed by atoms with Crippen molar-refractivity contribution >= 4 is 11.9 Å². The van der Waals surface area contributed by atoms with Crippen molar-refractivity contribution in [1.82, 2.24) is 0 Å². The SMILES string of the molecule is C=C(C)C(=O)OCCOc1ccc(-c2ccc(-c3ccc(OC(=O)C(=C)C)cc3)c(F)c2)cc1OCCOC. The maximum absolute atomic E-state index is 15.2. The molecule has 0 radical (unpaired) electrons. The number of rotatable bonds is 13. The van der Waals surface area contributed by atoms with E-state index in [2.05, 4.69) is 13.2 Å². The van der Waals surface area contributed by atoms with E-state index in [0.29, 0.717) is 46.1 Å². The number of carbonyl (C=O) groups is 2. The maximum atomic E-state index is 15.2. The lowest BCUT2D eigenvalue weighted by Crippen LogP contribution is -2.13. The first-order chi connectivity index (χ1) is 18.7. The largest absolute Gasteiger partial charge is 0.487 e. The fourth-order valence-corrected chi connectivity index (χ4v) is 3.39. The van der Waals surface area contributed by atoms with Crippen LogP contribution in [0.15, 0.2) is 85.0 Å². The number of hydrogen-bond acceptors (Lipinski definition) is 7. The minimum atomic E-state index is -0.522. The van der Waals surface area contributed by atoms with E-state index in [1.54, 1.807) is 75.6 Å². The van der Waals surface area contributed by atoms with Gasteiger partial charge in [-0.15, -0.1) is 0 Å². The number of carbonyl (C=O) groups excluding carboxylic acids is 2. The molecule has 0 aromatic heterocycles. The van der Waals surface area contributed by atoms with Gasteiger partial charge < -0.3 is 23.7 Å². The van der Waals surface area contributed by atoms with Gasteiger partial charge in [-0.3, -0.25) is 0 Å². The molecule has 0 N–H and O–H groups in total. The van der Waals surface area contributed by atoms with Gasteiger partial charge in [0.2, 0.25) is 0 Å². The molecule has 8 heteroatoms. The monoisotopic (exact) mass is 534 g/mol. The zero-order chi connectivity index (χ0) is 28.4. The Hall–Kier alpha value is -4.43. The van der Waals surface area contributed by atoms with Crippen LogP contribution in [-0.2, 0) is 19.1 Å². The molecular formula is C31H31FO7. The van der Waals surface area contributed by atoms with Crippen LogP contribution in [0, 0.1) is 5.82 Å². The fraction of sp³-hybridized carbons (Fsp3) is 0.226. The molecule has 204 valence electrons. The third-order valence-corrected chi connectivity index (χ3v) is 5.44. The summed E-state index contributed by atoms with van der Waals surface area (Å²) in [5.74, 6) is -0.183. The van der Waals surface area contributed by atoms with Crippen LogP contribution in [0.1, 0.15) is 13.8 Å². The topological polar surface area (TPSA) is 80.3 Å². The molecule has 0 spiro atoms. The van der Waals surface area contributed by atoms with Crippen LogP contribution in [0.25, 0.3) is 22.3 Å². The lowest BCUT2D eigenvalue weighted by molar-refractivity contribution is -0.139. The average molecular weight is 535 g/mol. The van der Waals surface area contributed by atoms with Crippen LogP contribution in [0.3, 0.4) is 0 Å². The van der Waals surface area contributed by atoms with Crippen molar-refractivity contribution in [2.24, 2.45) is 0 Å². The van der Waals surface area contributed by atoms with E-state index in [4.69, 9.17) is 23.7 Å². The Bertz CT molecular complexity index is 1350. The number of ether oxygens (including phenoxy) is 5. The minimum Gasteiger partial charge on any atom is -0.487 e. The van der Waals surface area contributed by atoms with E-state index < -0.39 is 17.8 Å². The van der Waals surface area contributed by atoms with Crippen molar-refractivity contribution in [2.45, 2.75) is 13.8 Å². The number of benzene rings is 3. The van der Waals surface area contributed by atoms with Gasteiger partial charge in [0.1, 0.15) is 31.4 Å². The van der Waals surface area contributed by atoms with Gasteiger partial charge >= 0.3 is 11.9 Å². The van der Waals surface area contributed by atoms with E-state index in [9.17, 15) is 9.59 Å². The Balaban J connectivity index is 1.77. The molecule has 0 aliphatic rings. The Kier molecular flexibility index (Phi) is 10.4. The highest BCUT2D eigenvalue weighted by Gasteiger charge is 2.13. The highest BCUT2D eigenvalue weighted by molar-refractivity contribution is 5.89. The van der Waals surface area contributed by atoms with E-state index in [1.165, 1.54) is 6.07 Å². The van der Waals surface area contributed by atoms with Gasteiger partial charge in [0.25, 0.3) is 0 Å². The number of methoxy groups -OCH3 is 1. The maximum Gasteiger partial charge on any atom is 0.338 e. The molecule has 0 saturated carbocycles. The lowest BCUT2D eigenvalue weighted by atomic mass is 9.99. The highest BCUT2D eigenvalue weighted by Crippen LogP contribution is 2.35. The molecule has 0 heterocycles. The van der Waals surface area contributed by atoms with Crippen molar-refractivity contribution in [3.05, 3.63) is 90.8 Å². The summed E-state index contributed by atoms with van der Waals surface area (Å²) in [5, 5.41) is 0. The second-order valence-electron chi connectivity index (χ2n) is 8.66. The zero-order valence-electron chi connectivity index (χ0n) is 22.3. The molecule has 7 nitrogen and oxygen atoms in total. The van der Waals surface area contributed by atoms with Crippen LogP contribution in [0.2, 0.25) is 0 Å². The molecule has 0 atom stereocenters. The summed E-state index contributed by atoms with van der Waals surface area (Å²) in [7, 11) is 1.57. The molecule has 3 aromatic carbocycles. The molecule has 0 fully saturated rings. The van der Waals surface area contributed by atoms with Crippen LogP contribution >= 0.6 is 0 Å². The molecule has 0 aliphatic carbocycles. The third-order valence-electron chi connectivity index (χ3n) is 5.44. The summed E-state index contributed by atoms with van der Waals surface area (Å²) >= 11 is 0. The second-order valence-corrected chi connectivity index (χ2v) is 8.66. The number of esters is 2. The van der Waals surface area contributed by atoms with Crippen LogP contribution in [0.4, 0.5) is 4.39 Å². The smallest absolute Gasteiger partial charge is 0.338 e. The standard InChI is InChI=1S/C31H31FO7/c1-20(2)30(33)38-17-16-36-28-13-9-24(19-29(28)37-15-14-35-5)23-8-12-26(27(32)18-23)22-6-10-25(11-7-22)39-31(34)21(3)4/h6-13,18-19H,1,3,14-17H2,2,4-5H3. The number of halogens is 1. The first kappa shape index (κ1) is 29.1. The molecule has 0 unspecified atom stereocenters. The normalized spacial score (nSPS) is 10.5. The van der Waals surface area contributed by atoms with Crippen molar-refractivity contribution in [3.8, 4) is 39.5 Å². The predicted octanol–water partition coefficient (Wildman–Crippen LogP) is 6.16. The van der Waals surface area contributed by atoms with E-state index in [1.807, 2.05) is 0 Å².